The Hall–Kier alpha value is -1.84. The van der Waals surface area contributed by atoms with Crippen molar-refractivity contribution in [3.8, 4) is 0 Å². The van der Waals surface area contributed by atoms with Crippen LogP contribution in [0, 0.1) is 5.41 Å². The third-order valence-electron chi connectivity index (χ3n) is 5.64. The van der Waals surface area contributed by atoms with Crippen LogP contribution in [0.2, 0.25) is 5.02 Å². The fourth-order valence-corrected chi connectivity index (χ4v) is 4.41. The number of hydrogen-bond acceptors (Lipinski definition) is 2. The Bertz CT molecular complexity index is 793. The summed E-state index contributed by atoms with van der Waals surface area (Å²) in [5.74, 6) is 1.20. The molecule has 26 heavy (non-hydrogen) atoms. The second kappa shape index (κ2) is 7.81. The molecule has 2 aromatic rings. The SMILES string of the molecule is Clc1cccc(CCCN=C2Nc3ccccc3CC23CCNCC3)c1. The lowest BCUT2D eigenvalue weighted by molar-refractivity contribution is 0.293. The molecule has 0 radical (unpaired) electrons. The molecule has 2 aliphatic heterocycles. The van der Waals surface area contributed by atoms with Crippen molar-refractivity contribution >= 4 is 23.1 Å². The maximum absolute atomic E-state index is 6.08. The summed E-state index contributed by atoms with van der Waals surface area (Å²) in [4.78, 5) is 5.04. The predicted molar refractivity (Wildman–Crippen MR) is 110 cm³/mol. The summed E-state index contributed by atoms with van der Waals surface area (Å²) in [5, 5.41) is 7.98. The third kappa shape index (κ3) is 3.79. The zero-order valence-corrected chi connectivity index (χ0v) is 15.9. The molecule has 0 unspecified atom stereocenters. The molecule has 4 heteroatoms. The average Bonchev–Trinajstić information content (AvgIpc) is 2.66. The number of amidine groups is 1. The van der Waals surface area contributed by atoms with Crippen molar-refractivity contribution < 1.29 is 0 Å². The molecule has 0 aromatic heterocycles. The second-order valence-electron chi connectivity index (χ2n) is 7.45. The van der Waals surface area contributed by atoms with Gasteiger partial charge >= 0.3 is 0 Å². The molecular formula is C22H26ClN3. The molecule has 2 aromatic carbocycles. The molecule has 0 aliphatic carbocycles. The summed E-state index contributed by atoms with van der Waals surface area (Å²) >= 11 is 6.08. The lowest BCUT2D eigenvalue weighted by atomic mass is 9.71. The van der Waals surface area contributed by atoms with Gasteiger partial charge in [-0.2, -0.15) is 0 Å². The van der Waals surface area contributed by atoms with E-state index in [2.05, 4.69) is 47.0 Å². The van der Waals surface area contributed by atoms with Crippen molar-refractivity contribution in [2.75, 3.05) is 25.0 Å². The number of hydrogen-bond donors (Lipinski definition) is 2. The molecule has 0 atom stereocenters. The summed E-state index contributed by atoms with van der Waals surface area (Å²) in [7, 11) is 0. The number of fused-ring (bicyclic) bond motifs is 1. The lowest BCUT2D eigenvalue weighted by Crippen LogP contribution is -2.48. The highest BCUT2D eigenvalue weighted by atomic mass is 35.5. The monoisotopic (exact) mass is 367 g/mol. The maximum Gasteiger partial charge on any atom is 0.107 e. The molecule has 0 bridgehead atoms. The molecule has 2 aliphatic rings. The van der Waals surface area contributed by atoms with Crippen molar-refractivity contribution in [2.45, 2.75) is 32.1 Å². The van der Waals surface area contributed by atoms with E-state index in [4.69, 9.17) is 16.6 Å². The first-order chi connectivity index (χ1) is 12.8. The molecule has 1 saturated heterocycles. The molecule has 4 rings (SSSR count). The van der Waals surface area contributed by atoms with Crippen molar-refractivity contribution in [2.24, 2.45) is 10.4 Å². The summed E-state index contributed by atoms with van der Waals surface area (Å²) in [5.41, 5.74) is 4.11. The summed E-state index contributed by atoms with van der Waals surface area (Å²) in [6.45, 7) is 3.00. The van der Waals surface area contributed by atoms with Gasteiger partial charge in [0.05, 0.1) is 0 Å². The van der Waals surface area contributed by atoms with Crippen LogP contribution in [-0.2, 0) is 12.8 Å². The minimum absolute atomic E-state index is 0.176. The van der Waals surface area contributed by atoms with Crippen LogP contribution < -0.4 is 10.6 Å². The Labute approximate surface area is 160 Å². The molecule has 2 heterocycles. The minimum atomic E-state index is 0.176. The molecule has 2 N–H and O–H groups in total. The van der Waals surface area contributed by atoms with Gasteiger partial charge < -0.3 is 10.6 Å². The van der Waals surface area contributed by atoms with Crippen molar-refractivity contribution in [1.29, 1.82) is 0 Å². The Kier molecular flexibility index (Phi) is 5.28. The van der Waals surface area contributed by atoms with E-state index < -0.39 is 0 Å². The number of halogens is 1. The predicted octanol–water partition coefficient (Wildman–Crippen LogP) is 4.71. The summed E-state index contributed by atoms with van der Waals surface area (Å²) in [6, 6.07) is 16.8. The number of anilines is 1. The first kappa shape index (κ1) is 17.6. The Morgan fingerprint density at radius 3 is 2.73 bits per heavy atom. The topological polar surface area (TPSA) is 36.4 Å². The number of piperidine rings is 1. The number of rotatable bonds is 4. The number of aliphatic imine (C=N–C) groups is 1. The van der Waals surface area contributed by atoms with E-state index >= 15 is 0 Å². The third-order valence-corrected chi connectivity index (χ3v) is 5.88. The zero-order valence-electron chi connectivity index (χ0n) is 15.1. The van der Waals surface area contributed by atoms with Gasteiger partial charge in [-0.1, -0.05) is 41.9 Å². The Morgan fingerprint density at radius 2 is 1.88 bits per heavy atom. The maximum atomic E-state index is 6.08. The number of benzene rings is 2. The molecule has 0 amide bonds. The van der Waals surface area contributed by atoms with Gasteiger partial charge in [0.1, 0.15) is 5.84 Å². The van der Waals surface area contributed by atoms with Crippen LogP contribution >= 0.6 is 11.6 Å². The summed E-state index contributed by atoms with van der Waals surface area (Å²) in [6.07, 6.45) is 5.47. The molecule has 1 spiro atoms. The van der Waals surface area contributed by atoms with E-state index in [1.165, 1.54) is 22.6 Å². The van der Waals surface area contributed by atoms with Crippen molar-refractivity contribution in [1.82, 2.24) is 5.32 Å². The van der Waals surface area contributed by atoms with Gasteiger partial charge in [0, 0.05) is 22.7 Å². The van der Waals surface area contributed by atoms with E-state index in [0.29, 0.717) is 0 Å². The number of para-hydroxylation sites is 1. The van der Waals surface area contributed by atoms with Crippen LogP contribution in [0.5, 0.6) is 0 Å². The van der Waals surface area contributed by atoms with Crippen LogP contribution in [0.1, 0.15) is 30.4 Å². The zero-order chi connectivity index (χ0) is 17.8. The van der Waals surface area contributed by atoms with Crippen LogP contribution in [0.15, 0.2) is 53.5 Å². The van der Waals surface area contributed by atoms with Gasteiger partial charge in [0.2, 0.25) is 0 Å². The van der Waals surface area contributed by atoms with Gasteiger partial charge in [0.25, 0.3) is 0 Å². The van der Waals surface area contributed by atoms with Crippen LogP contribution in [0.3, 0.4) is 0 Å². The quantitative estimate of drug-likeness (QED) is 0.768. The molecule has 3 nitrogen and oxygen atoms in total. The van der Waals surface area contributed by atoms with E-state index in [1.807, 2.05) is 12.1 Å². The molecular weight excluding hydrogens is 342 g/mol. The largest absolute Gasteiger partial charge is 0.343 e. The first-order valence-corrected chi connectivity index (χ1v) is 9.98. The van der Waals surface area contributed by atoms with Gasteiger partial charge in [-0.15, -0.1) is 0 Å². The van der Waals surface area contributed by atoms with E-state index in [0.717, 1.165) is 56.8 Å². The molecule has 136 valence electrons. The van der Waals surface area contributed by atoms with Crippen molar-refractivity contribution in [3.05, 3.63) is 64.7 Å². The Morgan fingerprint density at radius 1 is 1.04 bits per heavy atom. The number of nitrogens with one attached hydrogen (secondary N) is 2. The van der Waals surface area contributed by atoms with E-state index in [-0.39, 0.29) is 5.41 Å². The van der Waals surface area contributed by atoms with Crippen LogP contribution in [0.25, 0.3) is 0 Å². The van der Waals surface area contributed by atoms with Crippen LogP contribution in [-0.4, -0.2) is 25.5 Å². The van der Waals surface area contributed by atoms with Gasteiger partial charge in [-0.25, -0.2) is 0 Å². The first-order valence-electron chi connectivity index (χ1n) is 9.60. The smallest absolute Gasteiger partial charge is 0.107 e. The van der Waals surface area contributed by atoms with Gasteiger partial charge in [-0.05, 0) is 74.5 Å². The minimum Gasteiger partial charge on any atom is -0.343 e. The highest BCUT2D eigenvalue weighted by Crippen LogP contribution is 2.40. The van der Waals surface area contributed by atoms with Crippen molar-refractivity contribution in [3.63, 3.8) is 0 Å². The normalized spacial score (nSPS) is 20.0. The molecule has 0 saturated carbocycles. The van der Waals surface area contributed by atoms with Gasteiger partial charge in [0.15, 0.2) is 0 Å². The summed E-state index contributed by atoms with van der Waals surface area (Å²) < 4.78 is 0. The highest BCUT2D eigenvalue weighted by molar-refractivity contribution is 6.30. The number of nitrogens with zero attached hydrogens (tertiary/aromatic N) is 1. The lowest BCUT2D eigenvalue weighted by Gasteiger charge is -2.42. The fraction of sp³-hybridized carbons (Fsp3) is 0.409. The fourth-order valence-electron chi connectivity index (χ4n) is 4.20. The average molecular weight is 368 g/mol. The molecule has 1 fully saturated rings. The Balaban J connectivity index is 1.48. The van der Waals surface area contributed by atoms with E-state index in [9.17, 15) is 0 Å². The number of aryl methyl sites for hydroxylation is 1. The van der Waals surface area contributed by atoms with E-state index in [1.54, 1.807) is 0 Å². The second-order valence-corrected chi connectivity index (χ2v) is 7.89. The standard InChI is InChI=1S/C22H26ClN3/c23-19-8-3-5-17(15-19)6-4-12-25-21-22(10-13-24-14-11-22)16-18-7-1-2-9-20(18)26-21/h1-3,5,7-9,15,24H,4,6,10-14,16H2,(H,25,26). The van der Waals surface area contributed by atoms with Gasteiger partial charge in [-0.3, -0.25) is 4.99 Å². The highest BCUT2D eigenvalue weighted by Gasteiger charge is 2.40. The van der Waals surface area contributed by atoms with Crippen LogP contribution in [0.4, 0.5) is 5.69 Å².